The van der Waals surface area contributed by atoms with Gasteiger partial charge in [0.05, 0.1) is 14.2 Å². The first kappa shape index (κ1) is 24.4. The number of cyclic esters (lactones) is 1. The van der Waals surface area contributed by atoms with E-state index in [0.717, 1.165) is 11.1 Å². The smallest absolute Gasteiger partial charge is 0.345 e. The monoisotopic (exact) mass is 502 g/mol. The number of carbonyl (C=O) groups excluding carboxylic acids is 1. The number of esters is 1. The summed E-state index contributed by atoms with van der Waals surface area (Å²) in [4.78, 5) is 23.2. The zero-order valence-electron chi connectivity index (χ0n) is 20.4. The molecule has 0 aromatic heterocycles. The fraction of sp³-hybridized carbons (Fsp3) is 0.207. The number of carbonyl (C=O) groups is 1. The van der Waals surface area contributed by atoms with Gasteiger partial charge in [-0.25, -0.2) is 4.79 Å². The number of aliphatic hydroxyl groups is 1. The first-order valence-corrected chi connectivity index (χ1v) is 11.7. The summed E-state index contributed by atoms with van der Waals surface area (Å²) in [5.41, 5.74) is 2.61. The first-order chi connectivity index (χ1) is 18.0. The molecule has 3 aromatic rings. The van der Waals surface area contributed by atoms with Crippen LogP contribution in [-0.4, -0.2) is 31.9 Å². The SMILES string of the molecule is COc1ccc(C2(O)OC(=O)C(C3=CCOO3)=C2Cc2ccc(OCc3ccccc3)c(OC)c2)cc1. The van der Waals surface area contributed by atoms with Crippen molar-refractivity contribution in [1.82, 2.24) is 0 Å². The fourth-order valence-electron chi connectivity index (χ4n) is 4.31. The number of rotatable bonds is 9. The van der Waals surface area contributed by atoms with Gasteiger partial charge >= 0.3 is 5.97 Å². The van der Waals surface area contributed by atoms with Crippen LogP contribution in [0.15, 0.2) is 95.8 Å². The molecule has 5 rings (SSSR count). The van der Waals surface area contributed by atoms with E-state index < -0.39 is 11.8 Å². The summed E-state index contributed by atoms with van der Waals surface area (Å²) in [6, 6.07) is 22.0. The van der Waals surface area contributed by atoms with Gasteiger partial charge in [-0.15, -0.1) is 0 Å². The largest absolute Gasteiger partial charge is 0.497 e. The Bertz CT molecular complexity index is 1340. The lowest BCUT2D eigenvalue weighted by atomic mass is 9.89. The van der Waals surface area contributed by atoms with Crippen molar-refractivity contribution in [3.05, 3.63) is 112 Å². The van der Waals surface area contributed by atoms with Gasteiger partial charge in [-0.2, -0.15) is 4.89 Å². The van der Waals surface area contributed by atoms with Crippen LogP contribution in [0.1, 0.15) is 16.7 Å². The fourth-order valence-corrected chi connectivity index (χ4v) is 4.31. The average Bonchev–Trinajstić information content (AvgIpc) is 3.54. The Hall–Kier alpha value is -4.27. The van der Waals surface area contributed by atoms with E-state index in [1.165, 1.54) is 0 Å². The minimum atomic E-state index is -2.01. The van der Waals surface area contributed by atoms with Gasteiger partial charge in [0.15, 0.2) is 17.3 Å². The summed E-state index contributed by atoms with van der Waals surface area (Å²) < 4.78 is 22.3. The van der Waals surface area contributed by atoms with E-state index in [4.69, 9.17) is 28.7 Å². The number of hydrogen-bond donors (Lipinski definition) is 1. The summed E-state index contributed by atoms with van der Waals surface area (Å²) in [6.07, 6.45) is 1.79. The van der Waals surface area contributed by atoms with Crippen molar-refractivity contribution < 1.29 is 38.6 Å². The van der Waals surface area contributed by atoms with Crippen LogP contribution >= 0.6 is 0 Å². The Morgan fingerprint density at radius 2 is 1.70 bits per heavy atom. The van der Waals surface area contributed by atoms with Gasteiger partial charge < -0.3 is 28.9 Å². The number of benzene rings is 3. The predicted molar refractivity (Wildman–Crippen MR) is 133 cm³/mol. The van der Waals surface area contributed by atoms with Crippen molar-refractivity contribution in [2.24, 2.45) is 0 Å². The molecular formula is C29H26O8. The van der Waals surface area contributed by atoms with E-state index in [0.29, 0.717) is 35.0 Å². The molecule has 0 fully saturated rings. The van der Waals surface area contributed by atoms with Crippen LogP contribution in [0.2, 0.25) is 0 Å². The van der Waals surface area contributed by atoms with Crippen LogP contribution in [0, 0.1) is 0 Å². The third-order valence-corrected chi connectivity index (χ3v) is 6.21. The van der Waals surface area contributed by atoms with Gasteiger partial charge in [-0.1, -0.05) is 36.4 Å². The molecule has 37 heavy (non-hydrogen) atoms. The minimum absolute atomic E-state index is 0.124. The van der Waals surface area contributed by atoms with Gasteiger partial charge in [0.2, 0.25) is 0 Å². The third-order valence-electron chi connectivity index (χ3n) is 6.21. The number of hydrogen-bond acceptors (Lipinski definition) is 8. The Balaban J connectivity index is 1.49. The summed E-state index contributed by atoms with van der Waals surface area (Å²) in [7, 11) is 3.11. The maximum atomic E-state index is 13.0. The van der Waals surface area contributed by atoms with Crippen molar-refractivity contribution in [3.63, 3.8) is 0 Å². The number of methoxy groups -OCH3 is 2. The van der Waals surface area contributed by atoms with Gasteiger partial charge in [0, 0.05) is 17.6 Å². The van der Waals surface area contributed by atoms with Gasteiger partial charge in [-0.05, 0) is 53.6 Å². The molecule has 190 valence electrons. The summed E-state index contributed by atoms with van der Waals surface area (Å²) in [6.45, 7) is 0.568. The van der Waals surface area contributed by atoms with E-state index in [-0.39, 0.29) is 24.4 Å². The summed E-state index contributed by atoms with van der Waals surface area (Å²) in [5, 5.41) is 11.7. The second kappa shape index (κ2) is 10.4. The zero-order valence-corrected chi connectivity index (χ0v) is 20.4. The molecule has 0 aliphatic carbocycles. The van der Waals surface area contributed by atoms with Crippen molar-refractivity contribution in [2.45, 2.75) is 18.8 Å². The molecule has 0 amide bonds. The zero-order chi connectivity index (χ0) is 25.8. The molecule has 0 radical (unpaired) electrons. The molecule has 8 nitrogen and oxygen atoms in total. The summed E-state index contributed by atoms with van der Waals surface area (Å²) in [5.74, 6) is -0.814. The maximum absolute atomic E-state index is 13.0. The molecule has 3 aromatic carbocycles. The maximum Gasteiger partial charge on any atom is 0.345 e. The van der Waals surface area contributed by atoms with Crippen molar-refractivity contribution in [3.8, 4) is 17.2 Å². The third kappa shape index (κ3) is 4.89. The molecule has 0 saturated heterocycles. The highest BCUT2D eigenvalue weighted by Gasteiger charge is 2.49. The van der Waals surface area contributed by atoms with Crippen LogP contribution in [0.5, 0.6) is 17.2 Å². The van der Waals surface area contributed by atoms with Crippen LogP contribution in [0.25, 0.3) is 0 Å². The van der Waals surface area contributed by atoms with E-state index in [1.54, 1.807) is 50.6 Å². The van der Waals surface area contributed by atoms with Crippen LogP contribution in [0.4, 0.5) is 0 Å². The highest BCUT2D eigenvalue weighted by Crippen LogP contribution is 2.45. The Morgan fingerprint density at radius 3 is 2.38 bits per heavy atom. The Kier molecular flexibility index (Phi) is 6.85. The molecule has 0 saturated carbocycles. The van der Waals surface area contributed by atoms with E-state index in [1.807, 2.05) is 42.5 Å². The second-order valence-corrected chi connectivity index (χ2v) is 8.49. The molecule has 1 unspecified atom stereocenters. The Labute approximate surface area is 214 Å². The van der Waals surface area contributed by atoms with Gasteiger partial charge in [0.25, 0.3) is 5.79 Å². The molecule has 2 aliphatic heterocycles. The standard InChI is InChI=1S/C29H26O8/c1-32-22-11-9-21(10-12-22)29(31)23(27(28(30)36-29)25-14-15-35-37-25)16-20-8-13-24(26(17-20)33-2)34-18-19-6-4-3-5-7-19/h3-14,17,31H,15-16,18H2,1-2H3. The highest BCUT2D eigenvalue weighted by molar-refractivity contribution is 5.97. The summed E-state index contributed by atoms with van der Waals surface area (Å²) >= 11 is 0. The molecule has 2 heterocycles. The molecule has 2 aliphatic rings. The molecular weight excluding hydrogens is 476 g/mol. The highest BCUT2D eigenvalue weighted by atomic mass is 17.2. The van der Waals surface area contributed by atoms with E-state index in [2.05, 4.69) is 0 Å². The quantitative estimate of drug-likeness (QED) is 0.341. The van der Waals surface area contributed by atoms with Gasteiger partial charge in [0.1, 0.15) is 24.5 Å². The lowest BCUT2D eigenvalue weighted by Crippen LogP contribution is -2.29. The molecule has 0 spiro atoms. The lowest BCUT2D eigenvalue weighted by Gasteiger charge is -2.26. The molecule has 1 N–H and O–H groups in total. The molecule has 0 bridgehead atoms. The van der Waals surface area contributed by atoms with Crippen LogP contribution < -0.4 is 14.2 Å². The van der Waals surface area contributed by atoms with Crippen molar-refractivity contribution in [2.75, 3.05) is 20.8 Å². The molecule has 1 atom stereocenters. The Morgan fingerprint density at radius 1 is 0.919 bits per heavy atom. The normalized spacial score (nSPS) is 18.8. The van der Waals surface area contributed by atoms with Crippen LogP contribution in [0.3, 0.4) is 0 Å². The predicted octanol–water partition coefficient (Wildman–Crippen LogP) is 4.37. The lowest BCUT2D eigenvalue weighted by molar-refractivity contribution is -0.231. The topological polar surface area (TPSA) is 92.7 Å². The number of ether oxygens (including phenoxy) is 4. The first-order valence-electron chi connectivity index (χ1n) is 11.7. The second-order valence-electron chi connectivity index (χ2n) is 8.49. The van der Waals surface area contributed by atoms with Crippen molar-refractivity contribution >= 4 is 5.97 Å². The van der Waals surface area contributed by atoms with Crippen LogP contribution in [-0.2, 0) is 38.1 Å². The van der Waals surface area contributed by atoms with E-state index >= 15 is 0 Å². The minimum Gasteiger partial charge on any atom is -0.497 e. The average molecular weight is 503 g/mol. The van der Waals surface area contributed by atoms with E-state index in [9.17, 15) is 9.90 Å². The van der Waals surface area contributed by atoms with Crippen molar-refractivity contribution in [1.29, 1.82) is 0 Å². The van der Waals surface area contributed by atoms with Gasteiger partial charge in [-0.3, -0.25) is 0 Å². The molecule has 8 heteroatoms.